The lowest BCUT2D eigenvalue weighted by Gasteiger charge is -1.99. The molecule has 0 amide bonds. The van der Waals surface area contributed by atoms with E-state index in [0.717, 1.165) is 23.8 Å². The molecule has 0 aliphatic heterocycles. The summed E-state index contributed by atoms with van der Waals surface area (Å²) in [5, 5.41) is 3.56. The van der Waals surface area contributed by atoms with E-state index < -0.39 is 0 Å². The third-order valence-electron chi connectivity index (χ3n) is 1.52. The fraction of sp³-hybridized carbons (Fsp3) is 0.400. The standard InChI is InChI=1S/C10H12ClNOS/c1-2-5-12-6-7-14-8-9-3-4-10(11)13-9/h1,3-4,12H,5-8H2. The summed E-state index contributed by atoms with van der Waals surface area (Å²) < 4.78 is 5.20. The highest BCUT2D eigenvalue weighted by Gasteiger charge is 1.98. The zero-order valence-electron chi connectivity index (χ0n) is 7.75. The first kappa shape index (κ1) is 11.5. The minimum absolute atomic E-state index is 0.450. The van der Waals surface area contributed by atoms with Crippen LogP contribution in [0.1, 0.15) is 5.76 Å². The van der Waals surface area contributed by atoms with Crippen LogP contribution in [-0.2, 0) is 5.75 Å². The van der Waals surface area contributed by atoms with Crippen molar-refractivity contribution in [3.05, 3.63) is 23.1 Å². The molecule has 0 unspecified atom stereocenters. The van der Waals surface area contributed by atoms with Crippen molar-refractivity contribution in [2.45, 2.75) is 5.75 Å². The molecular weight excluding hydrogens is 218 g/mol. The second-order valence-corrected chi connectivity index (χ2v) is 4.12. The number of rotatable bonds is 6. The van der Waals surface area contributed by atoms with Gasteiger partial charge >= 0.3 is 0 Å². The number of halogens is 1. The molecule has 0 bridgehead atoms. The Morgan fingerprint density at radius 1 is 1.57 bits per heavy atom. The van der Waals surface area contributed by atoms with Crippen molar-refractivity contribution in [2.75, 3.05) is 18.8 Å². The van der Waals surface area contributed by atoms with E-state index in [1.54, 1.807) is 17.8 Å². The van der Waals surface area contributed by atoms with Crippen LogP contribution in [0.3, 0.4) is 0 Å². The van der Waals surface area contributed by atoms with Gasteiger partial charge in [-0.15, -0.1) is 6.42 Å². The van der Waals surface area contributed by atoms with Gasteiger partial charge in [0.25, 0.3) is 0 Å². The van der Waals surface area contributed by atoms with Crippen molar-refractivity contribution >= 4 is 23.4 Å². The van der Waals surface area contributed by atoms with Gasteiger partial charge in [-0.25, -0.2) is 0 Å². The molecule has 76 valence electrons. The molecule has 0 radical (unpaired) electrons. The van der Waals surface area contributed by atoms with E-state index in [9.17, 15) is 0 Å². The van der Waals surface area contributed by atoms with Crippen molar-refractivity contribution in [3.63, 3.8) is 0 Å². The van der Waals surface area contributed by atoms with E-state index in [2.05, 4.69) is 11.2 Å². The Labute approximate surface area is 93.4 Å². The minimum atomic E-state index is 0.450. The highest BCUT2D eigenvalue weighted by atomic mass is 35.5. The highest BCUT2D eigenvalue weighted by Crippen LogP contribution is 2.17. The zero-order chi connectivity index (χ0) is 10.2. The molecule has 0 atom stereocenters. The molecule has 0 saturated heterocycles. The number of hydrogen-bond acceptors (Lipinski definition) is 3. The summed E-state index contributed by atoms with van der Waals surface area (Å²) in [5.41, 5.74) is 0. The molecule has 0 fully saturated rings. The van der Waals surface area contributed by atoms with Crippen LogP contribution in [0.4, 0.5) is 0 Å². The van der Waals surface area contributed by atoms with Gasteiger partial charge in [0.2, 0.25) is 0 Å². The third-order valence-corrected chi connectivity index (χ3v) is 2.71. The van der Waals surface area contributed by atoms with Crippen LogP contribution in [0.15, 0.2) is 16.5 Å². The Morgan fingerprint density at radius 2 is 2.43 bits per heavy atom. The molecule has 4 heteroatoms. The Balaban J connectivity index is 2.02. The summed E-state index contributed by atoms with van der Waals surface area (Å²) in [4.78, 5) is 0. The van der Waals surface area contributed by atoms with Gasteiger partial charge in [-0.05, 0) is 23.7 Å². The molecule has 2 nitrogen and oxygen atoms in total. The number of terminal acetylenes is 1. The highest BCUT2D eigenvalue weighted by molar-refractivity contribution is 7.98. The molecule has 14 heavy (non-hydrogen) atoms. The molecule has 1 heterocycles. The summed E-state index contributed by atoms with van der Waals surface area (Å²) in [6.45, 7) is 1.55. The molecule has 0 aromatic carbocycles. The van der Waals surface area contributed by atoms with Crippen molar-refractivity contribution < 1.29 is 4.42 Å². The Morgan fingerprint density at radius 3 is 3.07 bits per heavy atom. The average Bonchev–Trinajstić information content (AvgIpc) is 2.58. The Kier molecular flexibility index (Phi) is 5.62. The maximum absolute atomic E-state index is 5.63. The fourth-order valence-electron chi connectivity index (χ4n) is 0.907. The lowest BCUT2D eigenvalue weighted by atomic mass is 10.5. The van der Waals surface area contributed by atoms with E-state index in [1.807, 2.05) is 6.07 Å². The predicted molar refractivity (Wildman–Crippen MR) is 61.6 cm³/mol. The van der Waals surface area contributed by atoms with Gasteiger partial charge in [0.15, 0.2) is 5.22 Å². The molecule has 1 N–H and O–H groups in total. The monoisotopic (exact) mass is 229 g/mol. The van der Waals surface area contributed by atoms with Crippen LogP contribution in [-0.4, -0.2) is 18.8 Å². The predicted octanol–water partition coefficient (Wildman–Crippen LogP) is 2.39. The number of hydrogen-bond donors (Lipinski definition) is 1. The Hall–Kier alpha value is -0.560. The van der Waals surface area contributed by atoms with Crippen molar-refractivity contribution in [3.8, 4) is 12.3 Å². The summed E-state index contributed by atoms with van der Waals surface area (Å²) in [6.07, 6.45) is 5.09. The largest absolute Gasteiger partial charge is 0.449 e. The van der Waals surface area contributed by atoms with E-state index >= 15 is 0 Å². The van der Waals surface area contributed by atoms with Gasteiger partial charge in [0, 0.05) is 12.3 Å². The molecule has 0 aliphatic rings. The van der Waals surface area contributed by atoms with Crippen molar-refractivity contribution in [1.82, 2.24) is 5.32 Å². The molecule has 0 saturated carbocycles. The molecule has 1 aromatic heterocycles. The van der Waals surface area contributed by atoms with Gasteiger partial charge in [0.1, 0.15) is 5.76 Å². The van der Waals surface area contributed by atoms with Crippen LogP contribution < -0.4 is 5.32 Å². The van der Waals surface area contributed by atoms with Crippen LogP contribution in [0.5, 0.6) is 0 Å². The minimum Gasteiger partial charge on any atom is -0.449 e. The first-order valence-electron chi connectivity index (χ1n) is 4.29. The molecular formula is C10H12ClNOS. The zero-order valence-corrected chi connectivity index (χ0v) is 9.33. The summed E-state index contributed by atoms with van der Waals surface area (Å²) in [5.74, 6) is 5.30. The van der Waals surface area contributed by atoms with Crippen molar-refractivity contribution in [1.29, 1.82) is 0 Å². The topological polar surface area (TPSA) is 25.2 Å². The SMILES string of the molecule is C#CCNCCSCc1ccc(Cl)o1. The van der Waals surface area contributed by atoms with E-state index in [0.29, 0.717) is 11.8 Å². The first-order chi connectivity index (χ1) is 6.83. The van der Waals surface area contributed by atoms with E-state index in [-0.39, 0.29) is 0 Å². The van der Waals surface area contributed by atoms with Crippen LogP contribution >= 0.6 is 23.4 Å². The lowest BCUT2D eigenvalue weighted by molar-refractivity contribution is 0.532. The quantitative estimate of drug-likeness (QED) is 0.599. The second kappa shape index (κ2) is 6.83. The van der Waals surface area contributed by atoms with Gasteiger partial charge in [-0.2, -0.15) is 11.8 Å². The molecule has 1 rings (SSSR count). The normalized spacial score (nSPS) is 10.0. The van der Waals surface area contributed by atoms with E-state index in [1.165, 1.54) is 0 Å². The van der Waals surface area contributed by atoms with Gasteiger partial charge < -0.3 is 9.73 Å². The molecule has 1 aromatic rings. The van der Waals surface area contributed by atoms with Crippen LogP contribution in [0, 0.1) is 12.3 Å². The maximum atomic E-state index is 5.63. The number of thioether (sulfide) groups is 1. The van der Waals surface area contributed by atoms with Crippen LogP contribution in [0.25, 0.3) is 0 Å². The average molecular weight is 230 g/mol. The second-order valence-electron chi connectivity index (χ2n) is 2.64. The Bertz CT molecular complexity index is 305. The van der Waals surface area contributed by atoms with Gasteiger partial charge in [0.05, 0.1) is 12.3 Å². The lowest BCUT2D eigenvalue weighted by Crippen LogP contribution is -2.16. The number of nitrogens with one attached hydrogen (secondary N) is 1. The van der Waals surface area contributed by atoms with Crippen LogP contribution in [0.2, 0.25) is 5.22 Å². The summed E-state index contributed by atoms with van der Waals surface area (Å²) in [6, 6.07) is 3.65. The van der Waals surface area contributed by atoms with Crippen molar-refractivity contribution in [2.24, 2.45) is 0 Å². The molecule has 0 spiro atoms. The smallest absolute Gasteiger partial charge is 0.193 e. The number of furan rings is 1. The first-order valence-corrected chi connectivity index (χ1v) is 5.82. The fourth-order valence-corrected chi connectivity index (χ4v) is 1.86. The summed E-state index contributed by atoms with van der Waals surface area (Å²) >= 11 is 7.42. The van der Waals surface area contributed by atoms with Gasteiger partial charge in [-0.1, -0.05) is 5.92 Å². The van der Waals surface area contributed by atoms with Gasteiger partial charge in [-0.3, -0.25) is 0 Å². The summed E-state index contributed by atoms with van der Waals surface area (Å²) in [7, 11) is 0. The maximum Gasteiger partial charge on any atom is 0.193 e. The molecule has 0 aliphatic carbocycles. The third kappa shape index (κ3) is 4.61. The van der Waals surface area contributed by atoms with E-state index in [4.69, 9.17) is 22.4 Å².